The zero-order valence-corrected chi connectivity index (χ0v) is 11.9. The van der Waals surface area contributed by atoms with E-state index in [-0.39, 0.29) is 5.91 Å². The first-order valence-corrected chi connectivity index (χ1v) is 6.86. The topological polar surface area (TPSA) is 41.1 Å². The maximum absolute atomic E-state index is 12.1. The van der Waals surface area contributed by atoms with Gasteiger partial charge in [0.05, 0.1) is 0 Å². The Balaban J connectivity index is 2.01. The van der Waals surface area contributed by atoms with E-state index in [9.17, 15) is 4.79 Å². The second-order valence-corrected chi connectivity index (χ2v) is 4.80. The minimum absolute atomic E-state index is 0.0758. The molecule has 0 saturated carbocycles. The Bertz CT molecular complexity index is 576. The minimum Gasteiger partial charge on any atom is -0.322 e. The molecule has 0 aliphatic heterocycles. The van der Waals surface area contributed by atoms with Crippen LogP contribution in [0.25, 0.3) is 0 Å². The van der Waals surface area contributed by atoms with Crippen LogP contribution >= 0.6 is 0 Å². The van der Waals surface area contributed by atoms with Crippen molar-refractivity contribution in [2.24, 2.45) is 0 Å². The molecule has 0 radical (unpaired) electrons. The number of carbonyl (C=O) groups is 1. The van der Waals surface area contributed by atoms with Gasteiger partial charge in [-0.3, -0.25) is 4.79 Å². The lowest BCUT2D eigenvalue weighted by atomic mass is 10.1. The summed E-state index contributed by atoms with van der Waals surface area (Å²) in [6.45, 7) is 5.86. The number of hydrogen-bond donors (Lipinski definition) is 2. The van der Waals surface area contributed by atoms with Gasteiger partial charge in [0.25, 0.3) is 5.91 Å². The standard InChI is InChI=1S/C17H20N2O/c1-3-18-12-14-7-9-16(10-8-14)19-17(20)15-6-4-5-13(2)11-15/h4-11,18H,3,12H2,1-2H3,(H,19,20). The summed E-state index contributed by atoms with van der Waals surface area (Å²) in [4.78, 5) is 12.1. The van der Waals surface area contributed by atoms with Crippen LogP contribution in [0.5, 0.6) is 0 Å². The number of benzene rings is 2. The van der Waals surface area contributed by atoms with E-state index < -0.39 is 0 Å². The van der Waals surface area contributed by atoms with E-state index >= 15 is 0 Å². The second kappa shape index (κ2) is 6.87. The summed E-state index contributed by atoms with van der Waals surface area (Å²) in [5.74, 6) is -0.0758. The Hall–Kier alpha value is -2.13. The number of nitrogens with one attached hydrogen (secondary N) is 2. The van der Waals surface area contributed by atoms with Crippen molar-refractivity contribution in [3.63, 3.8) is 0 Å². The van der Waals surface area contributed by atoms with Crippen molar-refractivity contribution in [3.8, 4) is 0 Å². The molecule has 0 saturated heterocycles. The average molecular weight is 268 g/mol. The summed E-state index contributed by atoms with van der Waals surface area (Å²) in [5, 5.41) is 6.18. The molecule has 20 heavy (non-hydrogen) atoms. The third kappa shape index (κ3) is 3.93. The SMILES string of the molecule is CCNCc1ccc(NC(=O)c2cccc(C)c2)cc1. The smallest absolute Gasteiger partial charge is 0.255 e. The molecular weight excluding hydrogens is 248 g/mol. The van der Waals surface area contributed by atoms with Crippen molar-refractivity contribution >= 4 is 11.6 Å². The highest BCUT2D eigenvalue weighted by molar-refractivity contribution is 6.04. The van der Waals surface area contributed by atoms with E-state index in [1.165, 1.54) is 5.56 Å². The number of amides is 1. The van der Waals surface area contributed by atoms with Crippen LogP contribution in [-0.2, 0) is 6.54 Å². The maximum atomic E-state index is 12.1. The summed E-state index contributed by atoms with van der Waals surface area (Å²) in [6, 6.07) is 15.5. The normalized spacial score (nSPS) is 10.3. The van der Waals surface area contributed by atoms with E-state index in [0.717, 1.165) is 24.3 Å². The van der Waals surface area contributed by atoms with E-state index in [4.69, 9.17) is 0 Å². The van der Waals surface area contributed by atoms with E-state index in [2.05, 4.69) is 17.6 Å². The molecule has 0 aromatic heterocycles. The van der Waals surface area contributed by atoms with E-state index in [1.54, 1.807) is 0 Å². The van der Waals surface area contributed by atoms with Gasteiger partial charge in [-0.05, 0) is 43.3 Å². The molecule has 0 aliphatic carbocycles. The highest BCUT2D eigenvalue weighted by Gasteiger charge is 2.05. The Kier molecular flexibility index (Phi) is 4.91. The Morgan fingerprint density at radius 3 is 2.50 bits per heavy atom. The van der Waals surface area contributed by atoms with Crippen LogP contribution in [0.3, 0.4) is 0 Å². The molecule has 0 fully saturated rings. The van der Waals surface area contributed by atoms with Gasteiger partial charge in [0.15, 0.2) is 0 Å². The highest BCUT2D eigenvalue weighted by atomic mass is 16.1. The number of aryl methyl sites for hydroxylation is 1. The molecule has 0 bridgehead atoms. The van der Waals surface area contributed by atoms with Gasteiger partial charge in [-0.25, -0.2) is 0 Å². The first-order valence-electron chi connectivity index (χ1n) is 6.86. The van der Waals surface area contributed by atoms with E-state index in [1.807, 2.05) is 55.5 Å². The van der Waals surface area contributed by atoms with Crippen molar-refractivity contribution < 1.29 is 4.79 Å². The zero-order chi connectivity index (χ0) is 14.4. The second-order valence-electron chi connectivity index (χ2n) is 4.80. The quantitative estimate of drug-likeness (QED) is 0.873. The first kappa shape index (κ1) is 14.3. The molecule has 0 heterocycles. The molecule has 3 nitrogen and oxygen atoms in total. The largest absolute Gasteiger partial charge is 0.322 e. The molecule has 0 spiro atoms. The van der Waals surface area contributed by atoms with Crippen LogP contribution in [0.15, 0.2) is 48.5 Å². The molecule has 2 rings (SSSR count). The van der Waals surface area contributed by atoms with Gasteiger partial charge in [0.1, 0.15) is 0 Å². The summed E-state index contributed by atoms with van der Waals surface area (Å²) in [5.41, 5.74) is 3.79. The van der Waals surface area contributed by atoms with Gasteiger partial charge < -0.3 is 10.6 Å². The average Bonchev–Trinajstić information content (AvgIpc) is 2.46. The van der Waals surface area contributed by atoms with Crippen molar-refractivity contribution in [2.75, 3.05) is 11.9 Å². The molecule has 2 aromatic rings. The number of hydrogen-bond acceptors (Lipinski definition) is 2. The lowest BCUT2D eigenvalue weighted by Gasteiger charge is -2.07. The third-order valence-electron chi connectivity index (χ3n) is 3.07. The predicted molar refractivity (Wildman–Crippen MR) is 83.0 cm³/mol. The highest BCUT2D eigenvalue weighted by Crippen LogP contribution is 2.12. The molecule has 2 N–H and O–H groups in total. The number of anilines is 1. The molecule has 104 valence electrons. The molecular formula is C17H20N2O. The number of carbonyl (C=O) groups excluding carboxylic acids is 1. The minimum atomic E-state index is -0.0758. The fraction of sp³-hybridized carbons (Fsp3) is 0.235. The van der Waals surface area contributed by atoms with Crippen molar-refractivity contribution in [1.29, 1.82) is 0 Å². The van der Waals surface area contributed by atoms with Crippen LogP contribution < -0.4 is 10.6 Å². The summed E-state index contributed by atoms with van der Waals surface area (Å²) in [7, 11) is 0. The lowest BCUT2D eigenvalue weighted by molar-refractivity contribution is 0.102. The van der Waals surface area contributed by atoms with Crippen molar-refractivity contribution in [3.05, 3.63) is 65.2 Å². The number of rotatable bonds is 5. The Morgan fingerprint density at radius 1 is 1.10 bits per heavy atom. The molecule has 0 aliphatic rings. The summed E-state index contributed by atoms with van der Waals surface area (Å²) < 4.78 is 0. The van der Waals surface area contributed by atoms with Crippen molar-refractivity contribution in [1.82, 2.24) is 5.32 Å². The Labute approximate surface area is 120 Å². The fourth-order valence-electron chi connectivity index (χ4n) is 1.96. The van der Waals surface area contributed by atoms with Crippen LogP contribution in [0.2, 0.25) is 0 Å². The molecule has 0 unspecified atom stereocenters. The summed E-state index contributed by atoms with van der Waals surface area (Å²) in [6.07, 6.45) is 0. The monoisotopic (exact) mass is 268 g/mol. The van der Waals surface area contributed by atoms with Crippen LogP contribution in [-0.4, -0.2) is 12.5 Å². The molecule has 1 amide bonds. The van der Waals surface area contributed by atoms with Crippen LogP contribution in [0.4, 0.5) is 5.69 Å². The van der Waals surface area contributed by atoms with Crippen LogP contribution in [0.1, 0.15) is 28.4 Å². The lowest BCUT2D eigenvalue weighted by Crippen LogP contribution is -2.13. The molecule has 3 heteroatoms. The maximum Gasteiger partial charge on any atom is 0.255 e. The van der Waals surface area contributed by atoms with Gasteiger partial charge in [-0.2, -0.15) is 0 Å². The van der Waals surface area contributed by atoms with Crippen molar-refractivity contribution in [2.45, 2.75) is 20.4 Å². The van der Waals surface area contributed by atoms with Crippen LogP contribution in [0, 0.1) is 6.92 Å². The van der Waals surface area contributed by atoms with Gasteiger partial charge >= 0.3 is 0 Å². The fourth-order valence-corrected chi connectivity index (χ4v) is 1.96. The van der Waals surface area contributed by atoms with Gasteiger partial charge in [0, 0.05) is 17.8 Å². The van der Waals surface area contributed by atoms with Gasteiger partial charge in [-0.15, -0.1) is 0 Å². The third-order valence-corrected chi connectivity index (χ3v) is 3.07. The zero-order valence-electron chi connectivity index (χ0n) is 11.9. The van der Waals surface area contributed by atoms with Gasteiger partial charge in [-0.1, -0.05) is 36.8 Å². The summed E-state index contributed by atoms with van der Waals surface area (Å²) >= 11 is 0. The first-order chi connectivity index (χ1) is 9.69. The van der Waals surface area contributed by atoms with E-state index in [0.29, 0.717) is 5.56 Å². The Morgan fingerprint density at radius 2 is 1.85 bits per heavy atom. The van der Waals surface area contributed by atoms with Gasteiger partial charge in [0.2, 0.25) is 0 Å². The molecule has 0 atom stereocenters. The molecule has 2 aromatic carbocycles. The predicted octanol–water partition coefficient (Wildman–Crippen LogP) is 3.36.